The van der Waals surface area contributed by atoms with Crippen LogP contribution in [0, 0.1) is 13.8 Å². The average molecular weight is 390 g/mol. The van der Waals surface area contributed by atoms with Gasteiger partial charge in [-0.1, -0.05) is 0 Å². The Morgan fingerprint density at radius 3 is 2.70 bits per heavy atom. The number of rotatable bonds is 8. The molecule has 0 fully saturated rings. The number of ether oxygens (including phenoxy) is 2. The third-order valence-corrected chi connectivity index (χ3v) is 6.35. The van der Waals surface area contributed by atoms with Gasteiger partial charge in [0.2, 0.25) is 5.78 Å². The molecule has 2 aromatic heterocycles. The van der Waals surface area contributed by atoms with Crippen LogP contribution in [0.15, 0.2) is 12.1 Å². The molecule has 5 nitrogen and oxygen atoms in total. The SMILES string of the molecule is COCCCn1c(C)cc(C(=O)COC(=O)c2cc3c(s2)CCCC3)c1C. The predicted octanol–water partition coefficient (Wildman–Crippen LogP) is 4.12. The van der Waals surface area contributed by atoms with Crippen molar-refractivity contribution in [1.29, 1.82) is 0 Å². The minimum atomic E-state index is -0.392. The van der Waals surface area contributed by atoms with Crippen LogP contribution >= 0.6 is 11.3 Å². The van der Waals surface area contributed by atoms with Gasteiger partial charge in [-0.2, -0.15) is 0 Å². The molecule has 2 aromatic rings. The van der Waals surface area contributed by atoms with Gasteiger partial charge < -0.3 is 14.0 Å². The number of ketones is 1. The Morgan fingerprint density at radius 1 is 1.19 bits per heavy atom. The van der Waals surface area contributed by atoms with E-state index in [0.717, 1.165) is 37.2 Å². The van der Waals surface area contributed by atoms with Gasteiger partial charge in [0.15, 0.2) is 6.61 Å². The average Bonchev–Trinajstić information content (AvgIpc) is 3.22. The maximum absolute atomic E-state index is 12.6. The molecule has 0 saturated heterocycles. The first-order chi connectivity index (χ1) is 13.0. The molecule has 27 heavy (non-hydrogen) atoms. The molecule has 0 aliphatic heterocycles. The Bertz CT molecular complexity index is 810. The molecule has 2 heterocycles. The van der Waals surface area contributed by atoms with Crippen molar-refractivity contribution in [2.45, 2.75) is 52.5 Å². The van der Waals surface area contributed by atoms with Crippen molar-refractivity contribution in [3.63, 3.8) is 0 Å². The highest BCUT2D eigenvalue weighted by molar-refractivity contribution is 7.14. The van der Waals surface area contributed by atoms with Crippen molar-refractivity contribution in [3.05, 3.63) is 44.4 Å². The molecule has 0 unspecified atom stereocenters. The summed E-state index contributed by atoms with van der Waals surface area (Å²) in [5.74, 6) is -0.549. The number of fused-ring (bicyclic) bond motifs is 1. The van der Waals surface area contributed by atoms with E-state index in [1.165, 1.54) is 34.6 Å². The number of carbonyl (C=O) groups is 2. The molecule has 0 saturated carbocycles. The van der Waals surface area contributed by atoms with Crippen molar-refractivity contribution in [2.75, 3.05) is 20.3 Å². The Morgan fingerprint density at radius 2 is 1.96 bits per heavy atom. The van der Waals surface area contributed by atoms with Crippen LogP contribution < -0.4 is 0 Å². The highest BCUT2D eigenvalue weighted by Crippen LogP contribution is 2.30. The Balaban J connectivity index is 1.61. The lowest BCUT2D eigenvalue weighted by Crippen LogP contribution is -2.14. The first-order valence-corrected chi connectivity index (χ1v) is 10.3. The zero-order valence-electron chi connectivity index (χ0n) is 16.3. The first-order valence-electron chi connectivity index (χ1n) is 9.49. The summed E-state index contributed by atoms with van der Waals surface area (Å²) >= 11 is 1.51. The van der Waals surface area contributed by atoms with Crippen LogP contribution in [0.1, 0.15) is 61.1 Å². The molecule has 146 valence electrons. The zero-order valence-corrected chi connectivity index (χ0v) is 17.1. The van der Waals surface area contributed by atoms with Gasteiger partial charge in [0, 0.05) is 42.1 Å². The number of Topliss-reactive ketones (excluding diaryl/α,β-unsaturated/α-hetero) is 1. The highest BCUT2D eigenvalue weighted by atomic mass is 32.1. The number of aryl methyl sites for hydroxylation is 3. The Hall–Kier alpha value is -1.92. The van der Waals surface area contributed by atoms with Crippen molar-refractivity contribution in [1.82, 2.24) is 4.57 Å². The molecule has 6 heteroatoms. The van der Waals surface area contributed by atoms with E-state index in [2.05, 4.69) is 4.57 Å². The number of aromatic nitrogens is 1. The smallest absolute Gasteiger partial charge is 0.348 e. The molecule has 0 atom stereocenters. The quantitative estimate of drug-likeness (QED) is 0.387. The van der Waals surface area contributed by atoms with Crippen LogP contribution in [0.3, 0.4) is 0 Å². The largest absolute Gasteiger partial charge is 0.453 e. The molecule has 0 spiro atoms. The molecule has 0 amide bonds. The predicted molar refractivity (Wildman–Crippen MR) is 106 cm³/mol. The van der Waals surface area contributed by atoms with Gasteiger partial charge in [-0.15, -0.1) is 11.3 Å². The number of esters is 1. The summed E-state index contributed by atoms with van der Waals surface area (Å²) in [5, 5.41) is 0. The van der Waals surface area contributed by atoms with E-state index in [9.17, 15) is 9.59 Å². The van der Waals surface area contributed by atoms with E-state index >= 15 is 0 Å². The van der Waals surface area contributed by atoms with E-state index in [1.807, 2.05) is 26.0 Å². The molecule has 0 aromatic carbocycles. The van der Waals surface area contributed by atoms with E-state index in [0.29, 0.717) is 17.0 Å². The summed E-state index contributed by atoms with van der Waals surface area (Å²) < 4.78 is 12.5. The first kappa shape index (κ1) is 19.8. The summed E-state index contributed by atoms with van der Waals surface area (Å²) in [6.07, 6.45) is 5.32. The third kappa shape index (κ3) is 4.50. The lowest BCUT2D eigenvalue weighted by molar-refractivity contribution is 0.0479. The van der Waals surface area contributed by atoms with Gasteiger partial charge in [-0.3, -0.25) is 4.79 Å². The number of hydrogen-bond acceptors (Lipinski definition) is 5. The second-order valence-corrected chi connectivity index (χ2v) is 8.19. The molecule has 3 rings (SSSR count). The number of methoxy groups -OCH3 is 1. The Labute approximate surface area is 164 Å². The van der Waals surface area contributed by atoms with Crippen LogP contribution in [-0.4, -0.2) is 36.6 Å². The van der Waals surface area contributed by atoms with Crippen LogP contribution in [-0.2, 0) is 28.9 Å². The summed E-state index contributed by atoms with van der Waals surface area (Å²) in [5.41, 5.74) is 3.84. The molecular weight excluding hydrogens is 362 g/mol. The van der Waals surface area contributed by atoms with Crippen LogP contribution in [0.5, 0.6) is 0 Å². The number of nitrogens with zero attached hydrogens (tertiary/aromatic N) is 1. The number of carbonyl (C=O) groups excluding carboxylic acids is 2. The molecule has 0 bridgehead atoms. The minimum absolute atomic E-state index is 0.157. The highest BCUT2D eigenvalue weighted by Gasteiger charge is 2.21. The summed E-state index contributed by atoms with van der Waals surface area (Å²) in [4.78, 5) is 26.8. The van der Waals surface area contributed by atoms with E-state index in [-0.39, 0.29) is 12.4 Å². The van der Waals surface area contributed by atoms with E-state index in [4.69, 9.17) is 9.47 Å². The fraction of sp³-hybridized carbons (Fsp3) is 0.524. The fourth-order valence-corrected chi connectivity index (χ4v) is 4.81. The minimum Gasteiger partial charge on any atom is -0.453 e. The van der Waals surface area contributed by atoms with Gasteiger partial charge in [0.1, 0.15) is 4.88 Å². The van der Waals surface area contributed by atoms with Crippen molar-refractivity contribution in [3.8, 4) is 0 Å². The van der Waals surface area contributed by atoms with Crippen molar-refractivity contribution >= 4 is 23.1 Å². The third-order valence-electron chi connectivity index (χ3n) is 5.14. The summed E-state index contributed by atoms with van der Waals surface area (Å²) in [7, 11) is 1.68. The molecule has 0 radical (unpaired) electrons. The summed E-state index contributed by atoms with van der Waals surface area (Å²) in [6.45, 7) is 5.19. The zero-order chi connectivity index (χ0) is 19.4. The number of thiophene rings is 1. The van der Waals surface area contributed by atoms with Crippen LogP contribution in [0.2, 0.25) is 0 Å². The van der Waals surface area contributed by atoms with Gasteiger partial charge in [0.05, 0.1) is 0 Å². The van der Waals surface area contributed by atoms with E-state index < -0.39 is 5.97 Å². The topological polar surface area (TPSA) is 57.5 Å². The van der Waals surface area contributed by atoms with Crippen LogP contribution in [0.25, 0.3) is 0 Å². The van der Waals surface area contributed by atoms with Gasteiger partial charge in [-0.25, -0.2) is 4.79 Å². The van der Waals surface area contributed by atoms with Crippen molar-refractivity contribution < 1.29 is 19.1 Å². The number of hydrogen-bond donors (Lipinski definition) is 0. The maximum Gasteiger partial charge on any atom is 0.348 e. The van der Waals surface area contributed by atoms with Crippen LogP contribution in [0.4, 0.5) is 0 Å². The molecule has 0 N–H and O–H groups in total. The Kier molecular flexibility index (Phi) is 6.50. The lowest BCUT2D eigenvalue weighted by atomic mass is 9.99. The molecule has 1 aliphatic rings. The monoisotopic (exact) mass is 389 g/mol. The van der Waals surface area contributed by atoms with E-state index in [1.54, 1.807) is 7.11 Å². The van der Waals surface area contributed by atoms with Gasteiger partial charge in [0.25, 0.3) is 0 Å². The summed E-state index contributed by atoms with van der Waals surface area (Å²) in [6, 6.07) is 3.82. The molecule has 1 aliphatic carbocycles. The maximum atomic E-state index is 12.6. The fourth-order valence-electron chi connectivity index (χ4n) is 3.67. The second-order valence-electron chi connectivity index (χ2n) is 7.05. The molecular formula is C21H27NO4S. The van der Waals surface area contributed by atoms with Crippen molar-refractivity contribution in [2.24, 2.45) is 0 Å². The normalized spacial score (nSPS) is 13.4. The lowest BCUT2D eigenvalue weighted by Gasteiger charge is -2.09. The standard InChI is InChI=1S/C21H27NO4S/c1-14-11-17(15(2)22(14)9-6-10-25-3)18(23)13-26-21(24)20-12-16-7-4-5-8-19(16)27-20/h11-12H,4-10,13H2,1-3H3. The second kappa shape index (κ2) is 8.85. The van der Waals surface area contributed by atoms with Gasteiger partial charge >= 0.3 is 5.97 Å². The van der Waals surface area contributed by atoms with Gasteiger partial charge in [-0.05, 0) is 63.6 Å².